The fraction of sp³-hybridized carbons (Fsp3) is 0.568. The highest BCUT2D eigenvalue weighted by atomic mass is 32.2. The first-order valence-electron chi connectivity index (χ1n) is 20.9. The van der Waals surface area contributed by atoms with Gasteiger partial charge in [-0.05, 0) is 86.3 Å². The lowest BCUT2D eigenvalue weighted by Gasteiger charge is -2.37. The molecule has 7 N–H and O–H groups in total. The average Bonchev–Trinajstić information content (AvgIpc) is 3.22. The molecule has 2 aromatic carbocycles. The topological polar surface area (TPSA) is 220 Å². The van der Waals surface area contributed by atoms with Crippen molar-refractivity contribution in [1.29, 1.82) is 0 Å². The Kier molecular flexibility index (Phi) is 20.4. The number of carboxylic acid groups (broad SMARTS) is 1. The maximum Gasteiger partial charge on any atom is 0.326 e. The molecule has 16 heteroatoms. The van der Waals surface area contributed by atoms with Gasteiger partial charge in [-0.15, -0.1) is 0 Å². The number of aliphatic carboxylic acids is 1. The van der Waals surface area contributed by atoms with E-state index < -0.39 is 89.6 Å². The summed E-state index contributed by atoms with van der Waals surface area (Å²) >= 11 is 1.52. The minimum Gasteiger partial charge on any atom is -0.480 e. The fourth-order valence-electron chi connectivity index (χ4n) is 7.42. The van der Waals surface area contributed by atoms with Gasteiger partial charge in [0.05, 0.1) is 0 Å². The van der Waals surface area contributed by atoms with Crippen LogP contribution in [0.5, 0.6) is 0 Å². The number of benzene rings is 2. The zero-order chi connectivity index (χ0) is 44.4. The zero-order valence-electron chi connectivity index (χ0n) is 35.9. The summed E-state index contributed by atoms with van der Waals surface area (Å²) in [6.07, 6.45) is 4.36. The quantitative estimate of drug-likeness (QED) is 0.154. The lowest BCUT2D eigenvalue weighted by atomic mass is 9.94. The molecule has 7 unspecified atom stereocenters. The van der Waals surface area contributed by atoms with E-state index in [4.69, 9.17) is 5.73 Å². The molecule has 3 rings (SSSR count). The Morgan fingerprint density at radius 1 is 0.817 bits per heavy atom. The maximum atomic E-state index is 14.7. The number of carbonyl (C=O) groups is 7. The predicted molar refractivity (Wildman–Crippen MR) is 233 cm³/mol. The lowest BCUT2D eigenvalue weighted by molar-refractivity contribution is -0.146. The summed E-state index contributed by atoms with van der Waals surface area (Å²) in [6, 6.07) is 10.7. The molecule has 60 heavy (non-hydrogen) atoms. The Balaban J connectivity index is 2.13. The summed E-state index contributed by atoms with van der Waals surface area (Å²) in [5.74, 6) is -4.79. The predicted octanol–water partition coefficient (Wildman–Crippen LogP) is 3.49. The van der Waals surface area contributed by atoms with E-state index in [9.17, 15) is 38.7 Å². The first-order chi connectivity index (χ1) is 28.6. The molecular weight excluding hydrogens is 787 g/mol. The number of hydrogen-bond acceptors (Lipinski definition) is 8. The Bertz CT molecular complexity index is 1730. The second-order valence-electron chi connectivity index (χ2n) is 15.9. The molecule has 0 aliphatic carbocycles. The third-order valence-corrected chi connectivity index (χ3v) is 11.8. The minimum absolute atomic E-state index is 0.0317. The number of nitrogens with two attached hydrogens (primary N) is 1. The SMILES string of the molecule is CCC(C)C(C(=O)O)N(C(N)=O)C1CCCCNC(=O)C(CCSC)NC(=O)C(CCc2ccccc2)N(C)C(=O)C(CCc2ccccc2)NC(=O)C(C(C)C)NC1=O. The van der Waals surface area contributed by atoms with Gasteiger partial charge in [-0.1, -0.05) is 94.8 Å². The Morgan fingerprint density at radius 2 is 1.40 bits per heavy atom. The summed E-state index contributed by atoms with van der Waals surface area (Å²) < 4.78 is 0. The van der Waals surface area contributed by atoms with Gasteiger partial charge in [-0.25, -0.2) is 9.59 Å². The second-order valence-corrected chi connectivity index (χ2v) is 16.8. The fourth-order valence-corrected chi connectivity index (χ4v) is 7.89. The Labute approximate surface area is 358 Å². The second kappa shape index (κ2) is 24.8. The van der Waals surface area contributed by atoms with Gasteiger partial charge >= 0.3 is 12.0 Å². The highest BCUT2D eigenvalue weighted by molar-refractivity contribution is 7.98. The summed E-state index contributed by atoms with van der Waals surface area (Å²) in [4.78, 5) is 99.2. The Hall–Kier alpha value is -5.12. The molecule has 7 amide bonds. The van der Waals surface area contributed by atoms with E-state index in [2.05, 4.69) is 21.3 Å². The van der Waals surface area contributed by atoms with Crippen LogP contribution in [0.2, 0.25) is 0 Å². The summed E-state index contributed by atoms with van der Waals surface area (Å²) in [5.41, 5.74) is 7.70. The number of nitrogens with one attached hydrogen (secondary N) is 4. The van der Waals surface area contributed by atoms with E-state index in [1.54, 1.807) is 27.7 Å². The molecular formula is C44H65N7O8S. The van der Waals surface area contributed by atoms with Crippen molar-refractivity contribution < 1.29 is 38.7 Å². The number of carboxylic acids is 1. The van der Waals surface area contributed by atoms with Crippen LogP contribution in [0.4, 0.5) is 4.79 Å². The van der Waals surface area contributed by atoms with Gasteiger partial charge < -0.3 is 37.0 Å². The van der Waals surface area contributed by atoms with E-state index in [1.807, 2.05) is 66.9 Å². The van der Waals surface area contributed by atoms with Crippen LogP contribution in [-0.2, 0) is 41.6 Å². The molecule has 0 saturated carbocycles. The Morgan fingerprint density at radius 3 is 1.93 bits per heavy atom. The molecule has 0 radical (unpaired) electrons. The molecule has 7 atom stereocenters. The van der Waals surface area contributed by atoms with Crippen LogP contribution in [0.1, 0.15) is 83.8 Å². The number of amides is 7. The van der Waals surface area contributed by atoms with Crippen molar-refractivity contribution in [2.75, 3.05) is 25.6 Å². The molecule has 0 aromatic heterocycles. The van der Waals surface area contributed by atoms with Crippen molar-refractivity contribution in [3.05, 3.63) is 71.8 Å². The third kappa shape index (κ3) is 14.6. The first-order valence-corrected chi connectivity index (χ1v) is 22.3. The number of rotatable bonds is 15. The van der Waals surface area contributed by atoms with Gasteiger partial charge in [0.25, 0.3) is 0 Å². The van der Waals surface area contributed by atoms with Crippen molar-refractivity contribution >= 4 is 53.3 Å². The first kappa shape index (κ1) is 49.2. The summed E-state index contributed by atoms with van der Waals surface area (Å²) in [7, 11) is 1.51. The number of aryl methyl sites for hydroxylation is 2. The van der Waals surface area contributed by atoms with Crippen molar-refractivity contribution in [3.63, 3.8) is 0 Å². The van der Waals surface area contributed by atoms with Crippen LogP contribution in [0.25, 0.3) is 0 Å². The molecule has 330 valence electrons. The molecule has 1 fully saturated rings. The van der Waals surface area contributed by atoms with Gasteiger partial charge in [0, 0.05) is 13.6 Å². The highest BCUT2D eigenvalue weighted by Crippen LogP contribution is 2.22. The number of thioether (sulfide) groups is 1. The van der Waals surface area contributed by atoms with Crippen molar-refractivity contribution in [2.24, 2.45) is 17.6 Å². The minimum atomic E-state index is -1.44. The molecule has 15 nitrogen and oxygen atoms in total. The normalized spacial score (nSPS) is 22.6. The van der Waals surface area contributed by atoms with E-state index in [1.165, 1.54) is 23.7 Å². The maximum absolute atomic E-state index is 14.7. The van der Waals surface area contributed by atoms with Crippen molar-refractivity contribution in [1.82, 2.24) is 31.1 Å². The van der Waals surface area contributed by atoms with E-state index in [-0.39, 0.29) is 32.2 Å². The third-order valence-electron chi connectivity index (χ3n) is 11.2. The van der Waals surface area contributed by atoms with Crippen LogP contribution >= 0.6 is 11.8 Å². The number of nitrogens with zero attached hydrogens (tertiary/aromatic N) is 2. The van der Waals surface area contributed by atoms with Crippen LogP contribution < -0.4 is 27.0 Å². The average molecular weight is 852 g/mol. The molecule has 2 aromatic rings. The molecule has 1 aliphatic rings. The van der Waals surface area contributed by atoms with Crippen molar-refractivity contribution in [2.45, 2.75) is 122 Å². The molecule has 1 heterocycles. The van der Waals surface area contributed by atoms with Gasteiger partial charge in [0.2, 0.25) is 29.5 Å². The number of hydrogen-bond donors (Lipinski definition) is 6. The number of likely N-dealkylation sites (N-methyl/N-ethyl adjacent to an activating group) is 1. The summed E-state index contributed by atoms with van der Waals surface area (Å²) in [5, 5.41) is 21.7. The van der Waals surface area contributed by atoms with Gasteiger partial charge in [0.15, 0.2) is 0 Å². The zero-order valence-corrected chi connectivity index (χ0v) is 36.7. The van der Waals surface area contributed by atoms with Crippen molar-refractivity contribution in [3.8, 4) is 0 Å². The number of primary amides is 1. The molecule has 1 saturated heterocycles. The number of carbonyl (C=O) groups excluding carboxylic acids is 6. The summed E-state index contributed by atoms with van der Waals surface area (Å²) in [6.45, 7) is 7.00. The van der Waals surface area contributed by atoms with E-state index in [0.29, 0.717) is 37.9 Å². The van der Waals surface area contributed by atoms with E-state index >= 15 is 0 Å². The van der Waals surface area contributed by atoms with Gasteiger partial charge in [-0.3, -0.25) is 28.9 Å². The van der Waals surface area contributed by atoms with E-state index in [0.717, 1.165) is 16.0 Å². The van der Waals surface area contributed by atoms with Gasteiger partial charge in [-0.2, -0.15) is 11.8 Å². The van der Waals surface area contributed by atoms with Crippen LogP contribution in [0.15, 0.2) is 60.7 Å². The van der Waals surface area contributed by atoms with Crippen LogP contribution in [-0.4, -0.2) is 118 Å². The standard InChI is InChI=1S/C44H65N7O8S/c1-7-29(4)37(43(57)58)51(44(45)59)35-20-14-15-26-46-38(52)32(25-27-60-6)47-39(53)34(24-22-31-18-12-9-13-19-31)50(5)42(56)33(23-21-30-16-10-8-11-17-30)48-41(55)36(28(2)3)49-40(35)54/h8-13,16-19,28-29,32-37H,7,14-15,20-27H2,1-6H3,(H2,45,59)(H,46,52)(H,47,53)(H,48,55)(H,49,54)(H,57,58). The van der Waals surface area contributed by atoms with Gasteiger partial charge in [0.1, 0.15) is 36.3 Å². The molecule has 1 aliphatic heterocycles. The van der Waals surface area contributed by atoms with Crippen LogP contribution in [0.3, 0.4) is 0 Å². The lowest BCUT2D eigenvalue weighted by Crippen LogP contribution is -2.63. The highest BCUT2D eigenvalue weighted by Gasteiger charge is 2.42. The largest absolute Gasteiger partial charge is 0.480 e. The smallest absolute Gasteiger partial charge is 0.326 e. The monoisotopic (exact) mass is 851 g/mol. The molecule has 0 bridgehead atoms. The molecule has 0 spiro atoms. The van der Waals surface area contributed by atoms with Crippen LogP contribution in [0, 0.1) is 11.8 Å². The number of urea groups is 1.